The summed E-state index contributed by atoms with van der Waals surface area (Å²) in [6.45, 7) is 0. The molecular formula is C11H9F2NO3S. The van der Waals surface area contributed by atoms with Crippen LogP contribution in [-0.4, -0.2) is 39.6 Å². The molecule has 1 aromatic carbocycles. The predicted octanol–water partition coefficient (Wildman–Crippen LogP) is 1.56. The zero-order valence-electron chi connectivity index (χ0n) is 9.10. The molecule has 4 nitrogen and oxygen atoms in total. The molecule has 1 amide bonds. The molecule has 0 bridgehead atoms. The summed E-state index contributed by atoms with van der Waals surface area (Å²) < 4.78 is 26.0. The number of nitrogens with zero attached hydrogens (tertiary/aromatic N) is 1. The smallest absolute Gasteiger partial charge is 0.327 e. The summed E-state index contributed by atoms with van der Waals surface area (Å²) >= 11 is 1.29. The minimum Gasteiger partial charge on any atom is -0.480 e. The molecule has 0 saturated carbocycles. The topological polar surface area (TPSA) is 57.6 Å². The van der Waals surface area contributed by atoms with Crippen molar-refractivity contribution in [3.8, 4) is 0 Å². The number of hydrogen-bond donors (Lipinski definition) is 1. The molecule has 1 aliphatic rings. The quantitative estimate of drug-likeness (QED) is 0.888. The van der Waals surface area contributed by atoms with Crippen molar-refractivity contribution in [1.82, 2.24) is 4.90 Å². The maximum Gasteiger partial charge on any atom is 0.327 e. The van der Waals surface area contributed by atoms with Gasteiger partial charge in [-0.1, -0.05) is 0 Å². The number of carboxylic acids is 1. The Morgan fingerprint density at radius 2 is 1.89 bits per heavy atom. The summed E-state index contributed by atoms with van der Waals surface area (Å²) in [6.07, 6.45) is 0. The highest BCUT2D eigenvalue weighted by Gasteiger charge is 2.35. The van der Waals surface area contributed by atoms with Crippen LogP contribution < -0.4 is 0 Å². The standard InChI is InChI=1S/C11H9F2NO3S/c12-7-1-6(2-8(13)3-7)10(15)14-5-18-4-9(14)11(16)17/h1-3,9H,4-5H2,(H,16,17)/t9-/m0/s1. The van der Waals surface area contributed by atoms with Crippen LogP contribution in [0.3, 0.4) is 0 Å². The van der Waals surface area contributed by atoms with Gasteiger partial charge in [0.05, 0.1) is 5.88 Å². The van der Waals surface area contributed by atoms with Gasteiger partial charge in [-0.15, -0.1) is 11.8 Å². The van der Waals surface area contributed by atoms with E-state index in [4.69, 9.17) is 5.11 Å². The van der Waals surface area contributed by atoms with Crippen LogP contribution in [-0.2, 0) is 4.79 Å². The fraction of sp³-hybridized carbons (Fsp3) is 0.273. The Kier molecular flexibility index (Phi) is 3.51. The number of thioether (sulfide) groups is 1. The van der Waals surface area contributed by atoms with Gasteiger partial charge in [-0.2, -0.15) is 0 Å². The zero-order valence-corrected chi connectivity index (χ0v) is 9.92. The minimum absolute atomic E-state index is 0.179. The zero-order chi connectivity index (χ0) is 13.3. The maximum absolute atomic E-state index is 13.0. The molecule has 1 aliphatic heterocycles. The predicted molar refractivity (Wildman–Crippen MR) is 61.3 cm³/mol. The van der Waals surface area contributed by atoms with Crippen LogP contribution in [0.15, 0.2) is 18.2 Å². The Morgan fingerprint density at radius 1 is 1.28 bits per heavy atom. The lowest BCUT2D eigenvalue weighted by Crippen LogP contribution is -2.41. The number of benzene rings is 1. The molecule has 0 spiro atoms. The highest BCUT2D eigenvalue weighted by molar-refractivity contribution is 7.99. The van der Waals surface area contributed by atoms with E-state index in [1.807, 2.05) is 0 Å². The molecule has 1 fully saturated rings. The second-order valence-corrected chi connectivity index (χ2v) is 4.79. The van der Waals surface area contributed by atoms with Crippen molar-refractivity contribution >= 4 is 23.6 Å². The van der Waals surface area contributed by atoms with Crippen molar-refractivity contribution in [2.75, 3.05) is 11.6 Å². The van der Waals surface area contributed by atoms with Gasteiger partial charge in [-0.25, -0.2) is 13.6 Å². The third-order valence-electron chi connectivity index (χ3n) is 2.54. The van der Waals surface area contributed by atoms with Gasteiger partial charge >= 0.3 is 5.97 Å². The van der Waals surface area contributed by atoms with E-state index in [0.717, 1.165) is 17.0 Å². The van der Waals surface area contributed by atoms with E-state index in [2.05, 4.69) is 0 Å². The van der Waals surface area contributed by atoms with Gasteiger partial charge < -0.3 is 10.0 Å². The molecule has 0 aromatic heterocycles. The molecular weight excluding hydrogens is 264 g/mol. The first-order chi connectivity index (χ1) is 8.49. The molecule has 2 rings (SSSR count). The highest BCUT2D eigenvalue weighted by atomic mass is 32.2. The Hall–Kier alpha value is -1.63. The fourth-order valence-corrected chi connectivity index (χ4v) is 2.84. The average Bonchev–Trinajstić information content (AvgIpc) is 2.75. The van der Waals surface area contributed by atoms with E-state index in [1.54, 1.807) is 0 Å². The van der Waals surface area contributed by atoms with Crippen LogP contribution >= 0.6 is 11.8 Å². The van der Waals surface area contributed by atoms with Crippen molar-refractivity contribution in [1.29, 1.82) is 0 Å². The van der Waals surface area contributed by atoms with Crippen molar-refractivity contribution in [3.05, 3.63) is 35.4 Å². The van der Waals surface area contributed by atoms with E-state index in [-0.39, 0.29) is 17.2 Å². The third kappa shape index (κ3) is 2.45. The molecule has 1 N–H and O–H groups in total. The summed E-state index contributed by atoms with van der Waals surface area (Å²) in [5.74, 6) is -3.04. The molecule has 1 saturated heterocycles. The second kappa shape index (κ2) is 4.93. The molecule has 0 aliphatic carbocycles. The van der Waals surface area contributed by atoms with Gasteiger partial charge in [0, 0.05) is 17.4 Å². The van der Waals surface area contributed by atoms with Crippen LogP contribution in [0.25, 0.3) is 0 Å². The van der Waals surface area contributed by atoms with E-state index in [9.17, 15) is 18.4 Å². The average molecular weight is 273 g/mol. The Bertz CT molecular complexity index is 489. The van der Waals surface area contributed by atoms with Crippen molar-refractivity contribution < 1.29 is 23.5 Å². The third-order valence-corrected chi connectivity index (χ3v) is 3.55. The fourth-order valence-electron chi connectivity index (χ4n) is 1.69. The normalized spacial score (nSPS) is 19.0. The molecule has 1 heterocycles. The minimum atomic E-state index is -1.12. The van der Waals surface area contributed by atoms with Crippen LogP contribution in [0.5, 0.6) is 0 Å². The lowest BCUT2D eigenvalue weighted by atomic mass is 10.1. The molecule has 1 aromatic rings. The first-order valence-electron chi connectivity index (χ1n) is 5.06. The highest BCUT2D eigenvalue weighted by Crippen LogP contribution is 2.23. The number of rotatable bonds is 2. The van der Waals surface area contributed by atoms with Gasteiger partial charge in [0.15, 0.2) is 0 Å². The van der Waals surface area contributed by atoms with Gasteiger partial charge in [0.1, 0.15) is 17.7 Å². The summed E-state index contributed by atoms with van der Waals surface area (Å²) in [7, 11) is 0. The number of carboxylic acid groups (broad SMARTS) is 1. The Morgan fingerprint density at radius 3 is 2.44 bits per heavy atom. The van der Waals surface area contributed by atoms with Gasteiger partial charge in [0.2, 0.25) is 0 Å². The molecule has 96 valence electrons. The first-order valence-corrected chi connectivity index (χ1v) is 6.22. The van der Waals surface area contributed by atoms with Gasteiger partial charge in [-0.3, -0.25) is 4.79 Å². The Balaban J connectivity index is 2.28. The van der Waals surface area contributed by atoms with E-state index < -0.39 is 29.6 Å². The van der Waals surface area contributed by atoms with Crippen molar-refractivity contribution in [2.24, 2.45) is 0 Å². The van der Waals surface area contributed by atoms with E-state index in [1.165, 1.54) is 11.8 Å². The molecule has 7 heteroatoms. The molecule has 0 unspecified atom stereocenters. The maximum atomic E-state index is 13.0. The summed E-state index contributed by atoms with van der Waals surface area (Å²) in [5.41, 5.74) is -0.179. The number of halogens is 2. The number of amides is 1. The Labute approximate surface area is 106 Å². The lowest BCUT2D eigenvalue weighted by Gasteiger charge is -2.20. The molecule has 18 heavy (non-hydrogen) atoms. The summed E-state index contributed by atoms with van der Waals surface area (Å²) in [6, 6.07) is 1.50. The van der Waals surface area contributed by atoms with Crippen molar-refractivity contribution in [3.63, 3.8) is 0 Å². The summed E-state index contributed by atoms with van der Waals surface area (Å²) in [5, 5.41) is 8.93. The van der Waals surface area contributed by atoms with Crippen LogP contribution in [0.1, 0.15) is 10.4 Å². The SMILES string of the molecule is O=C(O)[C@@H]1CSCN1C(=O)c1cc(F)cc(F)c1. The molecule has 1 atom stereocenters. The number of carbonyl (C=O) groups is 2. The lowest BCUT2D eigenvalue weighted by molar-refractivity contribution is -0.140. The number of hydrogen-bond acceptors (Lipinski definition) is 3. The second-order valence-electron chi connectivity index (χ2n) is 3.79. The van der Waals surface area contributed by atoms with Crippen LogP contribution in [0.2, 0.25) is 0 Å². The number of aliphatic carboxylic acids is 1. The number of carbonyl (C=O) groups excluding carboxylic acids is 1. The first kappa shape index (κ1) is 12.8. The van der Waals surface area contributed by atoms with Crippen molar-refractivity contribution in [2.45, 2.75) is 6.04 Å². The van der Waals surface area contributed by atoms with E-state index in [0.29, 0.717) is 6.07 Å². The van der Waals surface area contributed by atoms with Crippen LogP contribution in [0.4, 0.5) is 8.78 Å². The van der Waals surface area contributed by atoms with Gasteiger partial charge in [-0.05, 0) is 12.1 Å². The van der Waals surface area contributed by atoms with Gasteiger partial charge in [0.25, 0.3) is 5.91 Å². The van der Waals surface area contributed by atoms with Crippen LogP contribution in [0, 0.1) is 11.6 Å². The largest absolute Gasteiger partial charge is 0.480 e. The monoisotopic (exact) mass is 273 g/mol. The summed E-state index contributed by atoms with van der Waals surface area (Å²) in [4.78, 5) is 24.0. The molecule has 0 radical (unpaired) electrons. The van der Waals surface area contributed by atoms with E-state index >= 15 is 0 Å².